The smallest absolute Gasteiger partial charge is 0.166 e. The second-order valence-electron chi connectivity index (χ2n) is 11.0. The van der Waals surface area contributed by atoms with E-state index in [-0.39, 0.29) is 6.67 Å². The highest BCUT2D eigenvalue weighted by atomic mass is 19.2. The minimum absolute atomic E-state index is 0.156. The average Bonchev–Trinajstić information content (AvgIpc) is 3.38. The number of anilines is 1. The predicted molar refractivity (Wildman–Crippen MR) is 158 cm³/mol. The second-order valence-corrected chi connectivity index (χ2v) is 11.0. The van der Waals surface area contributed by atoms with E-state index in [9.17, 15) is 8.78 Å². The molecule has 0 unspecified atom stereocenters. The van der Waals surface area contributed by atoms with Crippen molar-refractivity contribution in [2.45, 2.75) is 84.5 Å². The summed E-state index contributed by atoms with van der Waals surface area (Å²) < 4.78 is 41.2. The first kappa shape index (κ1) is 29.0. The van der Waals surface area contributed by atoms with Gasteiger partial charge in [0, 0.05) is 11.3 Å². The summed E-state index contributed by atoms with van der Waals surface area (Å²) in [5, 5.41) is 0. The van der Waals surface area contributed by atoms with Crippen LogP contribution in [0.2, 0.25) is 0 Å². The number of benzene rings is 3. The summed E-state index contributed by atoms with van der Waals surface area (Å²) in [5.41, 5.74) is 14.2. The number of alkyl halides is 1. The molecule has 0 spiro atoms. The molecule has 3 aromatic carbocycles. The van der Waals surface area contributed by atoms with Gasteiger partial charge in [-0.3, -0.25) is 4.39 Å². The van der Waals surface area contributed by atoms with Crippen molar-refractivity contribution < 1.29 is 13.2 Å². The van der Waals surface area contributed by atoms with Gasteiger partial charge >= 0.3 is 0 Å². The first-order chi connectivity index (χ1) is 19.0. The molecule has 0 atom stereocenters. The Labute approximate surface area is 232 Å². The number of fused-ring (bicyclic) bond motifs is 1. The van der Waals surface area contributed by atoms with Gasteiger partial charge in [0.15, 0.2) is 11.6 Å². The number of hydrogen-bond acceptors (Lipinski definition) is 1. The molecular weight excluding hydrogens is 491 g/mol. The Balaban J connectivity index is 0.000000648. The Bertz CT molecular complexity index is 1270. The standard InChI is InChI=1S/C31H33F2N.C4H9F/c1-2-22-14-16-28(31(33)30(22)32)27-9-5-8-24-19-25(34)15-17-26(24)29(27)23-12-10-21(11-13-23)18-20-6-3-4-7-20;1-2-3-4-5/h10-17,19-20H,2-9,18,34H2,1H3;2-4H2,1H3. The van der Waals surface area contributed by atoms with E-state index in [0.717, 1.165) is 66.0 Å². The summed E-state index contributed by atoms with van der Waals surface area (Å²) >= 11 is 0. The molecule has 0 heterocycles. The highest BCUT2D eigenvalue weighted by Crippen LogP contribution is 2.42. The van der Waals surface area contributed by atoms with Gasteiger partial charge in [0.2, 0.25) is 0 Å². The second kappa shape index (κ2) is 13.9. The summed E-state index contributed by atoms with van der Waals surface area (Å²) in [6.45, 7) is 3.66. The number of rotatable bonds is 7. The van der Waals surface area contributed by atoms with Crippen LogP contribution in [-0.4, -0.2) is 6.67 Å². The van der Waals surface area contributed by atoms with E-state index in [1.54, 1.807) is 12.1 Å². The third-order valence-electron chi connectivity index (χ3n) is 8.17. The maximum absolute atomic E-state index is 15.4. The zero-order valence-corrected chi connectivity index (χ0v) is 23.5. The van der Waals surface area contributed by atoms with Crippen LogP contribution in [0.5, 0.6) is 0 Å². The fourth-order valence-corrected chi connectivity index (χ4v) is 5.99. The minimum atomic E-state index is -0.733. The van der Waals surface area contributed by atoms with Crippen LogP contribution in [0.15, 0.2) is 54.6 Å². The third kappa shape index (κ3) is 6.96. The van der Waals surface area contributed by atoms with Crippen LogP contribution < -0.4 is 5.73 Å². The number of allylic oxidation sites excluding steroid dienone is 1. The summed E-state index contributed by atoms with van der Waals surface area (Å²) in [5.74, 6) is -0.666. The molecule has 2 N–H and O–H groups in total. The molecule has 208 valence electrons. The van der Waals surface area contributed by atoms with Gasteiger partial charge in [0.25, 0.3) is 0 Å². The topological polar surface area (TPSA) is 26.0 Å². The van der Waals surface area contributed by atoms with Crippen LogP contribution in [0.3, 0.4) is 0 Å². The summed E-state index contributed by atoms with van der Waals surface area (Å²) in [4.78, 5) is 0. The highest BCUT2D eigenvalue weighted by Gasteiger charge is 2.24. The van der Waals surface area contributed by atoms with Crippen LogP contribution >= 0.6 is 0 Å². The molecule has 0 amide bonds. The van der Waals surface area contributed by atoms with E-state index in [1.807, 2.05) is 32.0 Å². The predicted octanol–water partition coefficient (Wildman–Crippen LogP) is 9.89. The largest absolute Gasteiger partial charge is 0.399 e. The monoisotopic (exact) mass is 533 g/mol. The van der Waals surface area contributed by atoms with Gasteiger partial charge in [-0.2, -0.15) is 0 Å². The number of aryl methyl sites for hydroxylation is 2. The normalized spacial score (nSPS) is 15.5. The molecule has 0 radical (unpaired) electrons. The number of hydrogen-bond donors (Lipinski definition) is 1. The van der Waals surface area contributed by atoms with Crippen molar-refractivity contribution in [3.8, 4) is 0 Å². The highest BCUT2D eigenvalue weighted by molar-refractivity contribution is 6.00. The molecular formula is C35H42F3N. The van der Waals surface area contributed by atoms with E-state index in [2.05, 4.69) is 24.3 Å². The van der Waals surface area contributed by atoms with E-state index in [1.165, 1.54) is 36.8 Å². The van der Waals surface area contributed by atoms with Gasteiger partial charge in [0.1, 0.15) is 0 Å². The lowest BCUT2D eigenvalue weighted by Crippen LogP contribution is -2.02. The SMILES string of the molecule is CCCCF.CCc1ccc(C2=C(c3ccc(CC4CCCC4)cc3)c3ccc(N)cc3CCC2)c(F)c1F. The zero-order valence-electron chi connectivity index (χ0n) is 23.5. The Hall–Kier alpha value is -3.01. The molecule has 5 rings (SSSR count). The fourth-order valence-electron chi connectivity index (χ4n) is 5.99. The zero-order chi connectivity index (χ0) is 27.8. The van der Waals surface area contributed by atoms with Crippen LogP contribution in [-0.2, 0) is 19.3 Å². The average molecular weight is 534 g/mol. The first-order valence-electron chi connectivity index (χ1n) is 14.7. The molecule has 0 aromatic heterocycles. The van der Waals surface area contributed by atoms with Crippen molar-refractivity contribution in [1.82, 2.24) is 0 Å². The molecule has 2 aliphatic rings. The number of nitrogen functional groups attached to an aromatic ring is 1. The van der Waals surface area contributed by atoms with Crippen molar-refractivity contribution in [3.05, 3.63) is 99.6 Å². The maximum atomic E-state index is 15.4. The van der Waals surface area contributed by atoms with Crippen LogP contribution in [0.25, 0.3) is 11.1 Å². The molecule has 0 aliphatic heterocycles. The third-order valence-corrected chi connectivity index (χ3v) is 8.17. The summed E-state index contributed by atoms with van der Waals surface area (Å²) in [6.07, 6.45) is 11.0. The van der Waals surface area contributed by atoms with Crippen molar-refractivity contribution in [1.29, 1.82) is 0 Å². The molecule has 0 bridgehead atoms. The summed E-state index contributed by atoms with van der Waals surface area (Å²) in [7, 11) is 0. The lowest BCUT2D eigenvalue weighted by atomic mass is 9.86. The molecule has 1 nitrogen and oxygen atoms in total. The van der Waals surface area contributed by atoms with Crippen molar-refractivity contribution in [3.63, 3.8) is 0 Å². The van der Waals surface area contributed by atoms with E-state index in [4.69, 9.17) is 5.73 Å². The first-order valence-corrected chi connectivity index (χ1v) is 14.7. The van der Waals surface area contributed by atoms with Crippen molar-refractivity contribution in [2.24, 2.45) is 5.92 Å². The van der Waals surface area contributed by atoms with E-state index >= 15 is 4.39 Å². The number of unbranched alkanes of at least 4 members (excludes halogenated alkanes) is 1. The molecule has 2 aliphatic carbocycles. The van der Waals surface area contributed by atoms with Crippen molar-refractivity contribution in [2.75, 3.05) is 12.4 Å². The lowest BCUT2D eigenvalue weighted by Gasteiger charge is -2.18. The van der Waals surface area contributed by atoms with Gasteiger partial charge < -0.3 is 5.73 Å². The molecule has 1 fully saturated rings. The molecule has 4 heteroatoms. The number of halogens is 3. The lowest BCUT2D eigenvalue weighted by molar-refractivity contribution is 0.469. The van der Waals surface area contributed by atoms with Crippen molar-refractivity contribution >= 4 is 16.8 Å². The molecule has 0 saturated heterocycles. The molecule has 39 heavy (non-hydrogen) atoms. The quantitative estimate of drug-likeness (QED) is 0.301. The maximum Gasteiger partial charge on any atom is 0.166 e. The number of nitrogens with two attached hydrogens (primary N) is 1. The van der Waals surface area contributed by atoms with E-state index in [0.29, 0.717) is 24.0 Å². The van der Waals surface area contributed by atoms with Gasteiger partial charge in [0.05, 0.1) is 6.67 Å². The van der Waals surface area contributed by atoms with E-state index < -0.39 is 11.6 Å². The molecule has 3 aromatic rings. The summed E-state index contributed by atoms with van der Waals surface area (Å²) in [6, 6.07) is 18.3. The fraction of sp³-hybridized carbons (Fsp3) is 0.429. The Morgan fingerprint density at radius 3 is 2.18 bits per heavy atom. The van der Waals surface area contributed by atoms with Crippen LogP contribution in [0.1, 0.15) is 98.6 Å². The molecule has 1 saturated carbocycles. The van der Waals surface area contributed by atoms with Gasteiger partial charge in [-0.05, 0) is 95.5 Å². The van der Waals surface area contributed by atoms with Gasteiger partial charge in [-0.25, -0.2) is 8.78 Å². The Morgan fingerprint density at radius 1 is 0.821 bits per heavy atom. The Kier molecular flexibility index (Phi) is 10.3. The van der Waals surface area contributed by atoms with Gasteiger partial charge in [-0.15, -0.1) is 0 Å². The van der Waals surface area contributed by atoms with Crippen LogP contribution in [0.4, 0.5) is 18.9 Å². The minimum Gasteiger partial charge on any atom is -0.399 e. The van der Waals surface area contributed by atoms with Gasteiger partial charge in [-0.1, -0.05) is 88.4 Å². The Morgan fingerprint density at radius 2 is 1.54 bits per heavy atom. The van der Waals surface area contributed by atoms with Crippen LogP contribution in [0, 0.1) is 17.6 Å².